The Labute approximate surface area is 541 Å². The maximum Gasteiger partial charge on any atom is 0.182 e. The molecule has 0 atom stereocenters. The largest absolute Gasteiger partial charge is 0.867 e. The number of nitrogens with zero attached hydrogens (tertiary/aromatic N) is 8. The molecule has 0 heterocycles. The SMILES string of the molecule is CC[N+](C)(CC)COC.CC[N+](C)(CC)COC.CC[N+](C)(CC)COC.CC[N+](C)(CC)COC.CC[N+](C)(CC)COC.CC[N+](C)(CC)COC.CC[N+](C)(CC)COC.CC[N+](C)(CC)COC.[O-]B([O-])F.[O-]B([O-])F.[O-]B([O-])F.[O-]B([O-])F. The van der Waals surface area contributed by atoms with Crippen LogP contribution >= 0.6 is 0 Å². The van der Waals surface area contributed by atoms with Crippen LogP contribution in [0.4, 0.5) is 17.3 Å². The fraction of sp³-hybridized carbons (Fsp3) is 1.00. The quantitative estimate of drug-likeness (QED) is 0.0348. The second kappa shape index (κ2) is 75.1. The average molecular weight is 1310 g/mol. The van der Waals surface area contributed by atoms with E-state index < -0.39 is 29.6 Å². The molecule has 32 heteroatoms. The Morgan fingerprint density at radius 1 is 0.193 bits per heavy atom. The Morgan fingerprint density at radius 2 is 0.239 bits per heavy atom. The average Bonchev–Trinajstić information content (AvgIpc) is 3.48. The molecule has 0 rings (SSSR count). The third-order valence-corrected chi connectivity index (χ3v) is 15.7. The molecule has 0 bridgehead atoms. The predicted octanol–water partition coefficient (Wildman–Crippen LogP) is -0.741. The van der Waals surface area contributed by atoms with E-state index in [1.807, 2.05) is 0 Å². The van der Waals surface area contributed by atoms with Crippen molar-refractivity contribution in [1.82, 2.24) is 0 Å². The first-order valence-electron chi connectivity index (χ1n) is 30.8. The predicted molar refractivity (Wildman–Crippen MR) is 341 cm³/mol. The van der Waals surface area contributed by atoms with E-state index in [1.54, 1.807) is 56.9 Å². The van der Waals surface area contributed by atoms with Crippen LogP contribution in [0.15, 0.2) is 0 Å². The van der Waals surface area contributed by atoms with Crippen LogP contribution in [0.1, 0.15) is 111 Å². The van der Waals surface area contributed by atoms with Gasteiger partial charge in [-0.3, -0.25) is 0 Å². The zero-order valence-corrected chi connectivity index (χ0v) is 62.9. The Balaban J connectivity index is -0.0000000724. The van der Waals surface area contributed by atoms with E-state index in [4.69, 9.17) is 78.1 Å². The van der Waals surface area contributed by atoms with Crippen LogP contribution in [-0.2, 0) is 37.9 Å². The zero-order chi connectivity index (χ0) is 72.9. The van der Waals surface area contributed by atoms with Gasteiger partial charge in [-0.25, -0.2) is 0 Å². The fourth-order valence-electron chi connectivity index (χ4n) is 5.74. The maximum absolute atomic E-state index is 9.89. The van der Waals surface area contributed by atoms with Crippen LogP contribution in [0.3, 0.4) is 0 Å². The monoisotopic (exact) mass is 1310 g/mol. The number of halogens is 4. The molecule has 0 aliphatic heterocycles. The first-order valence-corrected chi connectivity index (χ1v) is 30.8. The minimum absolute atomic E-state index is 0.826. The van der Waals surface area contributed by atoms with E-state index >= 15 is 0 Å². The second-order valence-corrected chi connectivity index (χ2v) is 22.5. The lowest BCUT2D eigenvalue weighted by Crippen LogP contribution is -2.44. The molecule has 0 aliphatic carbocycles. The summed E-state index contributed by atoms with van der Waals surface area (Å²) in [6, 6.07) is 0. The molecule has 0 aliphatic rings. The molecule has 0 unspecified atom stereocenters. The van der Waals surface area contributed by atoms with Crippen molar-refractivity contribution in [2.45, 2.75) is 111 Å². The molecule has 544 valence electrons. The molecule has 0 aromatic heterocycles. The first kappa shape index (κ1) is 114. The first-order chi connectivity index (χ1) is 40.4. The topological polar surface area (TPSA) is 258 Å². The number of quaternary nitrogens is 8. The lowest BCUT2D eigenvalue weighted by molar-refractivity contribution is -0.924. The summed E-state index contributed by atoms with van der Waals surface area (Å²) in [7, 11) is 18.9. The number of hydrogen-bond acceptors (Lipinski definition) is 16. The highest BCUT2D eigenvalue weighted by Crippen LogP contribution is 2.04. The summed E-state index contributed by atoms with van der Waals surface area (Å²) >= 11 is 0. The van der Waals surface area contributed by atoms with Crippen molar-refractivity contribution in [3.05, 3.63) is 0 Å². The van der Waals surface area contributed by atoms with Gasteiger partial charge in [0.25, 0.3) is 0 Å². The third-order valence-electron chi connectivity index (χ3n) is 15.7. The molecule has 0 aromatic rings. The van der Waals surface area contributed by atoms with Gasteiger partial charge in [0.1, 0.15) is 29.6 Å². The molecule has 0 fully saturated rings. The second-order valence-electron chi connectivity index (χ2n) is 22.5. The van der Waals surface area contributed by atoms with Crippen molar-refractivity contribution in [2.24, 2.45) is 0 Å². The normalized spacial score (nSPS) is 11.0. The Hall–Kier alpha value is -0.980. The number of ether oxygens (including phenoxy) is 8. The number of rotatable bonds is 32. The molecule has 24 nitrogen and oxygen atoms in total. The van der Waals surface area contributed by atoms with Gasteiger partial charge in [0.15, 0.2) is 53.8 Å². The van der Waals surface area contributed by atoms with Crippen LogP contribution in [-0.4, -0.2) is 337 Å². The van der Waals surface area contributed by atoms with Crippen LogP contribution in [0.2, 0.25) is 0 Å². The lowest BCUT2D eigenvalue weighted by Gasteiger charge is -2.30. The van der Waals surface area contributed by atoms with E-state index in [9.17, 15) is 17.3 Å². The van der Waals surface area contributed by atoms with Gasteiger partial charge in [-0.15, -0.1) is 0 Å². The zero-order valence-electron chi connectivity index (χ0n) is 62.9. The standard InChI is InChI=1S/8C7H18NO.4BFO2/c8*1-5-8(3,6-2)7-9-4;4*2-1(3)4/h8*5-7H2,1-4H3;;;;/q8*+1;4*-2. The summed E-state index contributed by atoms with van der Waals surface area (Å²) in [5, 5.41) is 66.4. The van der Waals surface area contributed by atoms with Crippen LogP contribution in [0.5, 0.6) is 0 Å². The molecule has 0 amide bonds. The molecule has 0 radical (unpaired) electrons. The fourth-order valence-corrected chi connectivity index (χ4v) is 5.74. The minimum Gasteiger partial charge on any atom is -0.867 e. The minimum atomic E-state index is -3.17. The summed E-state index contributed by atoms with van der Waals surface area (Å²) in [5.74, 6) is 0. The van der Waals surface area contributed by atoms with E-state index in [2.05, 4.69) is 167 Å². The van der Waals surface area contributed by atoms with E-state index in [-0.39, 0.29) is 0 Å². The van der Waals surface area contributed by atoms with E-state index in [0.717, 1.165) is 194 Å². The molecule has 0 spiro atoms. The summed E-state index contributed by atoms with van der Waals surface area (Å²) in [5.41, 5.74) is 0. The van der Waals surface area contributed by atoms with Gasteiger partial charge in [-0.05, 0) is 111 Å². The highest BCUT2D eigenvalue weighted by molar-refractivity contribution is 6.27. The smallest absolute Gasteiger partial charge is 0.182 e. The van der Waals surface area contributed by atoms with Crippen molar-refractivity contribution in [3.63, 3.8) is 0 Å². The van der Waals surface area contributed by atoms with Crippen molar-refractivity contribution in [2.75, 3.05) is 272 Å². The molecular formula is C56H144B4F4N8O16. The maximum atomic E-state index is 9.89. The molecular weight excluding hydrogens is 1160 g/mol. The summed E-state index contributed by atoms with van der Waals surface area (Å²) in [6.45, 7) is 59.8. The molecule has 0 saturated heterocycles. The van der Waals surface area contributed by atoms with Crippen LogP contribution in [0, 0.1) is 0 Å². The van der Waals surface area contributed by atoms with Crippen LogP contribution in [0.25, 0.3) is 0 Å². The summed E-state index contributed by atoms with van der Waals surface area (Å²) in [4.78, 5) is 0. The van der Waals surface area contributed by atoms with Gasteiger partial charge in [0, 0.05) is 56.9 Å². The molecule has 0 saturated carbocycles. The molecule has 0 N–H and O–H groups in total. The molecule has 88 heavy (non-hydrogen) atoms. The summed E-state index contributed by atoms with van der Waals surface area (Å²) in [6.07, 6.45) is 0. The number of hydrogen-bond donors (Lipinski definition) is 0. The Morgan fingerprint density at radius 3 is 0.250 bits per heavy atom. The van der Waals surface area contributed by atoms with Crippen molar-refractivity contribution < 1.29 is 131 Å². The molecule has 0 aromatic carbocycles. The van der Waals surface area contributed by atoms with Gasteiger partial charge in [0.2, 0.25) is 0 Å². The van der Waals surface area contributed by atoms with Crippen LogP contribution < -0.4 is 40.2 Å². The highest BCUT2D eigenvalue weighted by atomic mass is 19.1. The van der Waals surface area contributed by atoms with Gasteiger partial charge < -0.3 is 131 Å². The lowest BCUT2D eigenvalue weighted by atomic mass is 10.3. The Kier molecular flexibility index (Phi) is 97.6. The van der Waals surface area contributed by atoms with Gasteiger partial charge in [-0.1, -0.05) is 0 Å². The van der Waals surface area contributed by atoms with E-state index in [0.29, 0.717) is 0 Å². The third kappa shape index (κ3) is 96.1. The van der Waals surface area contributed by atoms with Gasteiger partial charge in [0.05, 0.1) is 161 Å². The van der Waals surface area contributed by atoms with E-state index in [1.165, 1.54) is 0 Å². The number of methoxy groups -OCH3 is 8. The summed E-state index contributed by atoms with van der Waals surface area (Å²) < 4.78 is 88.1. The van der Waals surface area contributed by atoms with Gasteiger partial charge in [-0.2, -0.15) is 0 Å². The van der Waals surface area contributed by atoms with Crippen molar-refractivity contribution in [1.29, 1.82) is 0 Å². The van der Waals surface area contributed by atoms with Crippen molar-refractivity contribution in [3.8, 4) is 0 Å². The Bertz CT molecular complexity index is 1010. The van der Waals surface area contributed by atoms with Gasteiger partial charge >= 0.3 is 0 Å². The van der Waals surface area contributed by atoms with Crippen molar-refractivity contribution >= 4 is 29.6 Å². The highest BCUT2D eigenvalue weighted by Gasteiger charge is 2.19.